The van der Waals surface area contributed by atoms with Crippen LogP contribution in [0, 0.1) is 0 Å². The van der Waals surface area contributed by atoms with Crippen LogP contribution in [0.1, 0.15) is 23.7 Å². The van der Waals surface area contributed by atoms with Crippen LogP contribution in [-0.4, -0.2) is 31.3 Å². The molecule has 3 aromatic rings. The standard InChI is InChI=1S/C25H26N2O4S/c1-4-23(25(29)26-18-11-13-20(30-2)14-12-18)32-22-10-6-8-19(16-22)27-24(28)17-7-5-9-21(15-17)31-3/h5-16,23H,4H2,1-3H3,(H,26,29)(H,27,28). The minimum atomic E-state index is -0.276. The van der Waals surface area contributed by atoms with Crippen molar-refractivity contribution in [2.45, 2.75) is 23.5 Å². The van der Waals surface area contributed by atoms with Crippen LogP contribution in [0.4, 0.5) is 11.4 Å². The quantitative estimate of drug-likeness (QED) is 0.423. The molecular formula is C25H26N2O4S. The molecule has 2 amide bonds. The third-order valence-electron chi connectivity index (χ3n) is 4.72. The van der Waals surface area contributed by atoms with Crippen molar-refractivity contribution in [3.63, 3.8) is 0 Å². The molecule has 0 aliphatic heterocycles. The first-order valence-electron chi connectivity index (χ1n) is 10.2. The van der Waals surface area contributed by atoms with Gasteiger partial charge in [0.2, 0.25) is 5.91 Å². The first-order chi connectivity index (χ1) is 15.5. The van der Waals surface area contributed by atoms with Gasteiger partial charge in [-0.25, -0.2) is 0 Å². The lowest BCUT2D eigenvalue weighted by molar-refractivity contribution is -0.115. The molecule has 3 aromatic carbocycles. The van der Waals surface area contributed by atoms with E-state index in [0.29, 0.717) is 29.1 Å². The largest absolute Gasteiger partial charge is 0.497 e. The Kier molecular flexibility index (Phi) is 8.16. The molecule has 7 heteroatoms. The molecule has 0 aliphatic carbocycles. The van der Waals surface area contributed by atoms with Crippen molar-refractivity contribution in [3.05, 3.63) is 78.4 Å². The number of carbonyl (C=O) groups excluding carboxylic acids is 2. The minimum Gasteiger partial charge on any atom is -0.497 e. The summed E-state index contributed by atoms with van der Waals surface area (Å²) in [6.07, 6.45) is 0.660. The van der Waals surface area contributed by atoms with Crippen molar-refractivity contribution in [2.75, 3.05) is 24.9 Å². The number of hydrogen-bond acceptors (Lipinski definition) is 5. The molecule has 0 spiro atoms. The summed E-state index contributed by atoms with van der Waals surface area (Å²) in [4.78, 5) is 26.2. The van der Waals surface area contributed by atoms with E-state index in [2.05, 4.69) is 10.6 Å². The lowest BCUT2D eigenvalue weighted by atomic mass is 10.2. The summed E-state index contributed by atoms with van der Waals surface area (Å²) in [5.74, 6) is 1.05. The predicted octanol–water partition coefficient (Wildman–Crippen LogP) is 5.47. The fraction of sp³-hybridized carbons (Fsp3) is 0.200. The fourth-order valence-electron chi connectivity index (χ4n) is 3.00. The van der Waals surface area contributed by atoms with Crippen LogP contribution in [-0.2, 0) is 4.79 Å². The van der Waals surface area contributed by atoms with Crippen molar-refractivity contribution in [3.8, 4) is 11.5 Å². The highest BCUT2D eigenvalue weighted by Gasteiger charge is 2.18. The average Bonchev–Trinajstić information content (AvgIpc) is 2.83. The Hall–Kier alpha value is -3.45. The van der Waals surface area contributed by atoms with Crippen LogP contribution >= 0.6 is 11.8 Å². The molecule has 0 heterocycles. The number of hydrogen-bond donors (Lipinski definition) is 2. The van der Waals surface area contributed by atoms with Gasteiger partial charge in [-0.2, -0.15) is 0 Å². The van der Waals surface area contributed by atoms with E-state index < -0.39 is 0 Å². The van der Waals surface area contributed by atoms with Gasteiger partial charge in [-0.05, 0) is 67.1 Å². The van der Waals surface area contributed by atoms with Crippen molar-refractivity contribution >= 4 is 35.0 Å². The van der Waals surface area contributed by atoms with Gasteiger partial charge >= 0.3 is 0 Å². The molecule has 0 aromatic heterocycles. The monoisotopic (exact) mass is 450 g/mol. The predicted molar refractivity (Wildman–Crippen MR) is 129 cm³/mol. The first kappa shape index (κ1) is 23.2. The number of thioether (sulfide) groups is 1. The molecule has 0 saturated heterocycles. The summed E-state index contributed by atoms with van der Waals surface area (Å²) in [5, 5.41) is 5.57. The van der Waals surface area contributed by atoms with Gasteiger partial charge in [0.05, 0.1) is 19.5 Å². The lowest BCUT2D eigenvalue weighted by Gasteiger charge is -2.16. The molecule has 166 valence electrons. The van der Waals surface area contributed by atoms with Gasteiger partial charge in [0.15, 0.2) is 0 Å². The number of amides is 2. The molecule has 0 fully saturated rings. The van der Waals surface area contributed by atoms with Gasteiger partial charge in [-0.15, -0.1) is 11.8 Å². The van der Waals surface area contributed by atoms with Crippen LogP contribution in [0.2, 0.25) is 0 Å². The normalized spacial score (nSPS) is 11.3. The summed E-state index contributed by atoms with van der Waals surface area (Å²) < 4.78 is 10.3. The zero-order valence-corrected chi connectivity index (χ0v) is 19.1. The van der Waals surface area contributed by atoms with Gasteiger partial charge in [-0.3, -0.25) is 9.59 Å². The van der Waals surface area contributed by atoms with Crippen LogP contribution in [0.3, 0.4) is 0 Å². The molecule has 0 radical (unpaired) electrons. The minimum absolute atomic E-state index is 0.0755. The van der Waals surface area contributed by atoms with Gasteiger partial charge in [0.1, 0.15) is 11.5 Å². The zero-order valence-electron chi connectivity index (χ0n) is 18.3. The maximum atomic E-state index is 12.8. The summed E-state index contributed by atoms with van der Waals surface area (Å²) in [6.45, 7) is 1.97. The highest BCUT2D eigenvalue weighted by molar-refractivity contribution is 8.00. The van der Waals surface area contributed by atoms with E-state index in [1.807, 2.05) is 43.3 Å². The average molecular weight is 451 g/mol. The molecule has 0 aliphatic rings. The number of anilines is 2. The van der Waals surface area contributed by atoms with Crippen molar-refractivity contribution in [2.24, 2.45) is 0 Å². The molecule has 3 rings (SSSR count). The van der Waals surface area contributed by atoms with Crippen LogP contribution < -0.4 is 20.1 Å². The van der Waals surface area contributed by atoms with Crippen molar-refractivity contribution in [1.82, 2.24) is 0 Å². The maximum Gasteiger partial charge on any atom is 0.255 e. The number of carbonyl (C=O) groups is 2. The second-order valence-corrected chi connectivity index (χ2v) is 8.22. The Morgan fingerprint density at radius 2 is 1.56 bits per heavy atom. The van der Waals surface area contributed by atoms with Crippen LogP contribution in [0.15, 0.2) is 77.7 Å². The number of rotatable bonds is 9. The summed E-state index contributed by atoms with van der Waals surface area (Å²) >= 11 is 1.46. The smallest absolute Gasteiger partial charge is 0.255 e. The van der Waals surface area contributed by atoms with Gasteiger partial charge in [0.25, 0.3) is 5.91 Å². The van der Waals surface area contributed by atoms with Crippen molar-refractivity contribution < 1.29 is 19.1 Å². The molecule has 0 bridgehead atoms. The Balaban J connectivity index is 1.65. The molecule has 2 N–H and O–H groups in total. The van der Waals surface area contributed by atoms with Gasteiger partial charge in [0, 0.05) is 21.8 Å². The summed E-state index contributed by atoms with van der Waals surface area (Å²) in [7, 11) is 3.16. The Morgan fingerprint density at radius 3 is 2.25 bits per heavy atom. The second-order valence-electron chi connectivity index (χ2n) is 6.95. The summed E-state index contributed by atoms with van der Waals surface area (Å²) in [5.41, 5.74) is 1.88. The molecule has 0 saturated carbocycles. The molecule has 6 nitrogen and oxygen atoms in total. The van der Waals surface area contributed by atoms with E-state index in [0.717, 1.165) is 10.6 Å². The highest BCUT2D eigenvalue weighted by atomic mass is 32.2. The van der Waals surface area contributed by atoms with E-state index >= 15 is 0 Å². The number of methoxy groups -OCH3 is 2. The highest BCUT2D eigenvalue weighted by Crippen LogP contribution is 2.29. The molecule has 32 heavy (non-hydrogen) atoms. The molecule has 1 atom stereocenters. The zero-order chi connectivity index (χ0) is 22.9. The topological polar surface area (TPSA) is 76.7 Å². The van der Waals surface area contributed by atoms with E-state index in [1.54, 1.807) is 50.6 Å². The Bertz CT molecular complexity index is 1070. The van der Waals surface area contributed by atoms with E-state index in [9.17, 15) is 9.59 Å². The third-order valence-corrected chi connectivity index (χ3v) is 6.08. The first-order valence-corrected chi connectivity index (χ1v) is 11.1. The molecule has 1 unspecified atom stereocenters. The Labute approximate surface area is 192 Å². The number of nitrogens with one attached hydrogen (secondary N) is 2. The number of benzene rings is 3. The molecular weight excluding hydrogens is 424 g/mol. The Morgan fingerprint density at radius 1 is 0.844 bits per heavy atom. The third kappa shape index (κ3) is 6.28. The van der Waals surface area contributed by atoms with E-state index in [-0.39, 0.29) is 17.1 Å². The van der Waals surface area contributed by atoms with Gasteiger partial charge < -0.3 is 20.1 Å². The van der Waals surface area contributed by atoms with Crippen molar-refractivity contribution in [1.29, 1.82) is 0 Å². The maximum absolute atomic E-state index is 12.8. The van der Waals surface area contributed by atoms with E-state index in [1.165, 1.54) is 11.8 Å². The fourth-order valence-corrected chi connectivity index (χ4v) is 4.01. The number of ether oxygens (including phenoxy) is 2. The van der Waals surface area contributed by atoms with Crippen LogP contribution in [0.25, 0.3) is 0 Å². The van der Waals surface area contributed by atoms with Crippen LogP contribution in [0.5, 0.6) is 11.5 Å². The summed E-state index contributed by atoms with van der Waals surface area (Å²) in [6, 6.07) is 21.7. The SMILES string of the molecule is CCC(Sc1cccc(NC(=O)c2cccc(OC)c2)c1)C(=O)Nc1ccc(OC)cc1. The van der Waals surface area contributed by atoms with E-state index in [4.69, 9.17) is 9.47 Å². The second kappa shape index (κ2) is 11.2. The lowest BCUT2D eigenvalue weighted by Crippen LogP contribution is -2.24. The van der Waals surface area contributed by atoms with Gasteiger partial charge in [-0.1, -0.05) is 19.1 Å².